The molecule has 0 spiro atoms. The number of fused-ring (bicyclic) bond motifs is 1. The summed E-state index contributed by atoms with van der Waals surface area (Å²) < 4.78 is 1.10. The topological polar surface area (TPSA) is 84.8 Å². The molecule has 1 N–H and O–H groups in total. The van der Waals surface area contributed by atoms with Crippen molar-refractivity contribution in [3.8, 4) is 0 Å². The zero-order valence-electron chi connectivity index (χ0n) is 16.6. The first kappa shape index (κ1) is 20.5. The van der Waals surface area contributed by atoms with Crippen molar-refractivity contribution >= 4 is 28.3 Å². The van der Waals surface area contributed by atoms with Gasteiger partial charge < -0.3 is 4.98 Å². The third-order valence-corrected chi connectivity index (χ3v) is 6.17. The van der Waals surface area contributed by atoms with Crippen molar-refractivity contribution in [3.63, 3.8) is 0 Å². The number of nitrogens with zero attached hydrogens (tertiary/aromatic N) is 2. The summed E-state index contributed by atoms with van der Waals surface area (Å²) in [4.78, 5) is 46.4. The largest absolute Gasteiger partial charge is 0.329 e. The lowest BCUT2D eigenvalue weighted by Gasteiger charge is -2.26. The fraction of sp³-hybridized carbons (Fsp3) is 0.391. The molecule has 1 saturated carbocycles. The Bertz CT molecular complexity index is 1160. The Labute approximate surface area is 178 Å². The number of halogens is 1. The molecule has 1 fully saturated rings. The third kappa shape index (κ3) is 4.38. The van der Waals surface area contributed by atoms with Crippen molar-refractivity contribution in [2.45, 2.75) is 51.0 Å². The van der Waals surface area contributed by atoms with Gasteiger partial charge in [-0.2, -0.15) is 0 Å². The van der Waals surface area contributed by atoms with Gasteiger partial charge in [0.25, 0.3) is 5.56 Å². The SMILES string of the molecule is O=C(Cc1ccccn1)C(CC1CCCCC1)n1c(=O)[nH]c2ccc(Cl)cc2c1=O. The zero-order valence-corrected chi connectivity index (χ0v) is 17.4. The highest BCUT2D eigenvalue weighted by Gasteiger charge is 2.29. The monoisotopic (exact) mass is 425 g/mol. The number of aromatic nitrogens is 3. The Balaban J connectivity index is 1.77. The maximum atomic E-state index is 13.3. The molecule has 0 amide bonds. The number of hydrogen-bond donors (Lipinski definition) is 1. The first-order valence-electron chi connectivity index (χ1n) is 10.4. The van der Waals surface area contributed by atoms with Crippen LogP contribution in [0.1, 0.15) is 50.3 Å². The molecule has 2 heterocycles. The van der Waals surface area contributed by atoms with E-state index in [1.165, 1.54) is 12.5 Å². The number of pyridine rings is 1. The van der Waals surface area contributed by atoms with Crippen LogP contribution in [0.3, 0.4) is 0 Å². The minimum absolute atomic E-state index is 0.0810. The van der Waals surface area contributed by atoms with Crippen molar-refractivity contribution in [2.24, 2.45) is 5.92 Å². The Morgan fingerprint density at radius 1 is 1.17 bits per heavy atom. The number of ketones is 1. The molecule has 4 rings (SSSR count). The number of carbonyl (C=O) groups is 1. The first-order valence-corrected chi connectivity index (χ1v) is 10.8. The van der Waals surface area contributed by atoms with Gasteiger partial charge in [0.1, 0.15) is 6.04 Å². The lowest BCUT2D eigenvalue weighted by Crippen LogP contribution is -2.42. The van der Waals surface area contributed by atoms with E-state index < -0.39 is 17.3 Å². The van der Waals surface area contributed by atoms with Gasteiger partial charge in [-0.05, 0) is 42.7 Å². The number of nitrogens with one attached hydrogen (secondary N) is 1. The molecule has 1 aliphatic carbocycles. The number of H-pyrrole nitrogens is 1. The highest BCUT2D eigenvalue weighted by atomic mass is 35.5. The van der Waals surface area contributed by atoms with Crippen LogP contribution < -0.4 is 11.2 Å². The van der Waals surface area contributed by atoms with E-state index in [4.69, 9.17) is 11.6 Å². The van der Waals surface area contributed by atoms with Gasteiger partial charge in [0, 0.05) is 16.9 Å². The van der Waals surface area contributed by atoms with Gasteiger partial charge in [0.2, 0.25) is 0 Å². The lowest BCUT2D eigenvalue weighted by atomic mass is 9.83. The average Bonchev–Trinajstić information content (AvgIpc) is 2.75. The van der Waals surface area contributed by atoms with Crippen molar-refractivity contribution in [3.05, 3.63) is 74.1 Å². The Morgan fingerprint density at radius 3 is 2.70 bits per heavy atom. The second-order valence-electron chi connectivity index (χ2n) is 8.01. The quantitative estimate of drug-likeness (QED) is 0.645. The number of Topliss-reactive ketones (excluding diaryl/α,β-unsaturated/α-hetero) is 1. The molecule has 0 saturated heterocycles. The van der Waals surface area contributed by atoms with E-state index in [0.29, 0.717) is 34.0 Å². The number of hydrogen-bond acceptors (Lipinski definition) is 4. The van der Waals surface area contributed by atoms with E-state index >= 15 is 0 Å². The van der Waals surface area contributed by atoms with Crippen LogP contribution in [0.5, 0.6) is 0 Å². The van der Waals surface area contributed by atoms with Crippen LogP contribution in [0.15, 0.2) is 52.2 Å². The summed E-state index contributed by atoms with van der Waals surface area (Å²) in [6, 6.07) is 9.33. The Hall–Kier alpha value is -2.73. The molecule has 3 aromatic rings. The molecule has 1 aromatic carbocycles. The van der Waals surface area contributed by atoms with Gasteiger partial charge >= 0.3 is 5.69 Å². The number of rotatable bonds is 6. The lowest BCUT2D eigenvalue weighted by molar-refractivity contribution is -0.122. The zero-order chi connectivity index (χ0) is 21.1. The van der Waals surface area contributed by atoms with E-state index in [1.807, 2.05) is 6.07 Å². The van der Waals surface area contributed by atoms with E-state index in [-0.39, 0.29) is 12.2 Å². The predicted octanol–water partition coefficient (Wildman–Crippen LogP) is 4.06. The molecular formula is C23H24ClN3O3. The van der Waals surface area contributed by atoms with Gasteiger partial charge in [0.15, 0.2) is 5.78 Å². The van der Waals surface area contributed by atoms with Crippen LogP contribution in [-0.2, 0) is 11.2 Å². The van der Waals surface area contributed by atoms with Crippen molar-refractivity contribution < 1.29 is 4.79 Å². The second-order valence-corrected chi connectivity index (χ2v) is 8.45. The molecule has 1 unspecified atom stereocenters. The summed E-state index contributed by atoms with van der Waals surface area (Å²) in [7, 11) is 0. The maximum absolute atomic E-state index is 13.3. The summed E-state index contributed by atoms with van der Waals surface area (Å²) in [5.74, 6) is 0.144. The third-order valence-electron chi connectivity index (χ3n) is 5.94. The molecule has 1 aliphatic rings. The summed E-state index contributed by atoms with van der Waals surface area (Å²) in [5.41, 5.74) is 0.000120. The highest BCUT2D eigenvalue weighted by Crippen LogP contribution is 2.31. The minimum atomic E-state index is -0.824. The van der Waals surface area contributed by atoms with Crippen molar-refractivity contribution in [2.75, 3.05) is 0 Å². The average molecular weight is 426 g/mol. The van der Waals surface area contributed by atoms with E-state index in [0.717, 1.165) is 30.3 Å². The molecule has 30 heavy (non-hydrogen) atoms. The first-order chi connectivity index (χ1) is 14.5. The Kier molecular flexibility index (Phi) is 6.13. The van der Waals surface area contributed by atoms with E-state index in [2.05, 4.69) is 9.97 Å². The molecule has 6 nitrogen and oxygen atoms in total. The molecule has 156 valence electrons. The van der Waals surface area contributed by atoms with Gasteiger partial charge in [-0.25, -0.2) is 9.36 Å². The second kappa shape index (κ2) is 8.96. The van der Waals surface area contributed by atoms with Gasteiger partial charge in [-0.15, -0.1) is 0 Å². The highest BCUT2D eigenvalue weighted by molar-refractivity contribution is 6.31. The minimum Gasteiger partial charge on any atom is -0.307 e. The molecule has 2 aromatic heterocycles. The fourth-order valence-corrected chi connectivity index (χ4v) is 4.57. The molecule has 7 heteroatoms. The maximum Gasteiger partial charge on any atom is 0.329 e. The van der Waals surface area contributed by atoms with Gasteiger partial charge in [-0.1, -0.05) is 49.8 Å². The fourth-order valence-electron chi connectivity index (χ4n) is 4.40. The number of carbonyl (C=O) groups excluding carboxylic acids is 1. The van der Waals surface area contributed by atoms with E-state index in [1.54, 1.807) is 30.5 Å². The van der Waals surface area contributed by atoms with Crippen LogP contribution in [0.25, 0.3) is 10.9 Å². The normalized spacial score (nSPS) is 15.9. The Morgan fingerprint density at radius 2 is 1.97 bits per heavy atom. The van der Waals surface area contributed by atoms with Gasteiger partial charge in [-0.3, -0.25) is 14.6 Å². The van der Waals surface area contributed by atoms with Crippen LogP contribution in [0.2, 0.25) is 5.02 Å². The van der Waals surface area contributed by atoms with Crippen LogP contribution >= 0.6 is 11.6 Å². The summed E-state index contributed by atoms with van der Waals surface area (Å²) in [5, 5.41) is 0.711. The summed E-state index contributed by atoms with van der Waals surface area (Å²) in [6.45, 7) is 0. The van der Waals surface area contributed by atoms with Crippen molar-refractivity contribution in [1.29, 1.82) is 0 Å². The number of benzene rings is 1. The molecule has 0 radical (unpaired) electrons. The van der Waals surface area contributed by atoms with Crippen LogP contribution in [0, 0.1) is 5.92 Å². The predicted molar refractivity (Wildman–Crippen MR) is 117 cm³/mol. The summed E-state index contributed by atoms with van der Waals surface area (Å²) >= 11 is 6.07. The smallest absolute Gasteiger partial charge is 0.307 e. The number of aromatic amines is 1. The van der Waals surface area contributed by atoms with Gasteiger partial charge in [0.05, 0.1) is 17.3 Å². The molecule has 1 atom stereocenters. The molecule has 0 aliphatic heterocycles. The summed E-state index contributed by atoms with van der Waals surface area (Å²) in [6.07, 6.45) is 7.65. The molecule has 0 bridgehead atoms. The molecular weight excluding hydrogens is 402 g/mol. The van der Waals surface area contributed by atoms with Crippen LogP contribution in [0.4, 0.5) is 0 Å². The van der Waals surface area contributed by atoms with Crippen molar-refractivity contribution in [1.82, 2.24) is 14.5 Å². The van der Waals surface area contributed by atoms with E-state index in [9.17, 15) is 14.4 Å². The standard InChI is InChI=1S/C23H24ClN3O3/c24-16-9-10-19-18(13-16)22(29)27(23(30)26-19)20(12-15-6-2-1-3-7-15)21(28)14-17-8-4-5-11-25-17/h4-5,8-11,13,15,20H,1-3,6-7,12,14H2,(H,26,30). The van der Waals surface area contributed by atoms with Crippen LogP contribution in [-0.4, -0.2) is 20.3 Å².